The predicted molar refractivity (Wildman–Crippen MR) is 112 cm³/mol. The number of sulfone groups is 1. The molecule has 2 N–H and O–H groups in total. The Morgan fingerprint density at radius 2 is 1.80 bits per heavy atom. The average Bonchev–Trinajstić information content (AvgIpc) is 2.92. The molecule has 0 bridgehead atoms. The quantitative estimate of drug-likeness (QED) is 0.684. The number of rotatable bonds is 3. The molecule has 0 unspecified atom stereocenters. The Morgan fingerprint density at radius 1 is 1.10 bits per heavy atom. The number of hydrogen-bond acceptors (Lipinski definition) is 5. The second-order valence-corrected chi connectivity index (χ2v) is 10.4. The monoisotopic (exact) mass is 479 g/mol. The molecule has 0 radical (unpaired) electrons. The van der Waals surface area contributed by atoms with Crippen LogP contribution in [-0.4, -0.2) is 86.3 Å². The summed E-state index contributed by atoms with van der Waals surface area (Å²) in [5, 5.41) is 12.8. The highest BCUT2D eigenvalue weighted by Gasteiger charge is 2.38. The van der Waals surface area contributed by atoms with E-state index in [1.54, 1.807) is 18.2 Å². The van der Waals surface area contributed by atoms with Gasteiger partial charge in [0, 0.05) is 32.6 Å². The standard InChI is InChI=1S/C18H23Cl2N3O6S/c19-14-2-1-13(11-15(14)20)18(3-4-23(17(25)26)5-8-29-18)12-21-16(24)22-6-9-30(27,28)10-7-22/h1-2,11H,3-10,12H2,(H,21,24)(H,25,26)/t18-/m1/s1. The normalized spacial score (nSPS) is 24.2. The molecule has 9 nitrogen and oxygen atoms in total. The fourth-order valence-corrected chi connectivity index (χ4v) is 5.04. The van der Waals surface area contributed by atoms with Crippen molar-refractivity contribution in [3.05, 3.63) is 33.8 Å². The van der Waals surface area contributed by atoms with E-state index in [4.69, 9.17) is 27.9 Å². The van der Waals surface area contributed by atoms with Crippen molar-refractivity contribution in [3.8, 4) is 0 Å². The van der Waals surface area contributed by atoms with E-state index in [0.29, 0.717) is 22.0 Å². The van der Waals surface area contributed by atoms with Crippen LogP contribution in [-0.2, 0) is 20.2 Å². The molecule has 0 saturated carbocycles. The molecule has 0 aliphatic carbocycles. The average molecular weight is 480 g/mol. The first-order valence-corrected chi connectivity index (χ1v) is 12.0. The maximum atomic E-state index is 12.6. The Balaban J connectivity index is 1.78. The van der Waals surface area contributed by atoms with Gasteiger partial charge in [0.25, 0.3) is 0 Å². The molecule has 0 aromatic heterocycles. The number of ether oxygens (including phenoxy) is 1. The van der Waals surface area contributed by atoms with Crippen LogP contribution in [0.2, 0.25) is 10.0 Å². The van der Waals surface area contributed by atoms with E-state index >= 15 is 0 Å². The molecule has 2 aliphatic rings. The van der Waals surface area contributed by atoms with Gasteiger partial charge in [0.05, 0.1) is 34.7 Å². The Labute approximate surface area is 184 Å². The lowest BCUT2D eigenvalue weighted by molar-refractivity contribution is -0.0407. The molecule has 0 spiro atoms. The zero-order valence-corrected chi connectivity index (χ0v) is 18.5. The number of amides is 3. The van der Waals surface area contributed by atoms with Crippen LogP contribution < -0.4 is 5.32 Å². The Kier molecular flexibility index (Phi) is 7.01. The molecule has 2 saturated heterocycles. The number of nitrogens with zero attached hydrogens (tertiary/aromatic N) is 2. The molecule has 1 aromatic carbocycles. The summed E-state index contributed by atoms with van der Waals surface area (Å²) in [5.74, 6) is -0.134. The van der Waals surface area contributed by atoms with Gasteiger partial charge in [0.2, 0.25) is 0 Å². The first-order valence-electron chi connectivity index (χ1n) is 9.42. The molecule has 2 fully saturated rings. The van der Waals surface area contributed by atoms with Crippen LogP contribution in [0.25, 0.3) is 0 Å². The summed E-state index contributed by atoms with van der Waals surface area (Å²) in [4.78, 5) is 26.7. The van der Waals surface area contributed by atoms with Gasteiger partial charge in [0.15, 0.2) is 9.84 Å². The van der Waals surface area contributed by atoms with Crippen molar-refractivity contribution in [1.29, 1.82) is 0 Å². The topological polar surface area (TPSA) is 116 Å². The van der Waals surface area contributed by atoms with Crippen molar-refractivity contribution in [2.24, 2.45) is 0 Å². The molecule has 12 heteroatoms. The predicted octanol–water partition coefficient (Wildman–Crippen LogP) is 2.03. The highest BCUT2D eigenvalue weighted by Crippen LogP contribution is 2.35. The third-order valence-electron chi connectivity index (χ3n) is 5.40. The highest BCUT2D eigenvalue weighted by molar-refractivity contribution is 7.91. The number of carbonyl (C=O) groups is 2. The number of hydrogen-bond donors (Lipinski definition) is 2. The van der Waals surface area contributed by atoms with E-state index < -0.39 is 27.6 Å². The molecule has 1 atom stereocenters. The summed E-state index contributed by atoms with van der Waals surface area (Å²) in [6, 6.07) is 4.62. The lowest BCUT2D eigenvalue weighted by atomic mass is 9.89. The Bertz CT molecular complexity index is 914. The molecular weight excluding hydrogens is 457 g/mol. The second-order valence-electron chi connectivity index (χ2n) is 7.29. The van der Waals surface area contributed by atoms with Crippen molar-refractivity contribution in [2.75, 3.05) is 50.8 Å². The summed E-state index contributed by atoms with van der Waals surface area (Å²) in [7, 11) is -3.10. The first kappa shape index (κ1) is 22.9. The largest absolute Gasteiger partial charge is 0.465 e. The van der Waals surface area contributed by atoms with Gasteiger partial charge in [-0.05, 0) is 17.7 Å². The third-order valence-corrected chi connectivity index (χ3v) is 7.75. The minimum atomic E-state index is -3.10. The van der Waals surface area contributed by atoms with Crippen molar-refractivity contribution in [2.45, 2.75) is 12.0 Å². The van der Waals surface area contributed by atoms with Crippen LogP contribution in [0, 0.1) is 0 Å². The molecule has 1 aromatic rings. The van der Waals surface area contributed by atoms with Gasteiger partial charge < -0.3 is 25.0 Å². The lowest BCUT2D eigenvalue weighted by Crippen LogP contribution is -2.51. The van der Waals surface area contributed by atoms with Crippen LogP contribution in [0.5, 0.6) is 0 Å². The SMILES string of the molecule is O=C(O)N1CCO[C@](CNC(=O)N2CCS(=O)(=O)CC2)(c2ccc(Cl)c(Cl)c2)CC1. The first-order chi connectivity index (χ1) is 14.1. The van der Waals surface area contributed by atoms with Crippen LogP contribution >= 0.6 is 23.2 Å². The fraction of sp³-hybridized carbons (Fsp3) is 0.556. The molecule has 166 valence electrons. The van der Waals surface area contributed by atoms with E-state index in [2.05, 4.69) is 5.32 Å². The second kappa shape index (κ2) is 9.17. The third kappa shape index (κ3) is 5.29. The number of halogens is 2. The van der Waals surface area contributed by atoms with Gasteiger partial charge >= 0.3 is 12.1 Å². The van der Waals surface area contributed by atoms with Gasteiger partial charge in [-0.2, -0.15) is 0 Å². The van der Waals surface area contributed by atoms with Crippen LogP contribution in [0.4, 0.5) is 9.59 Å². The molecule has 30 heavy (non-hydrogen) atoms. The van der Waals surface area contributed by atoms with Crippen molar-refractivity contribution < 1.29 is 27.9 Å². The zero-order valence-electron chi connectivity index (χ0n) is 16.1. The molecule has 3 rings (SSSR count). The summed E-state index contributed by atoms with van der Waals surface area (Å²) in [5.41, 5.74) is -0.332. The van der Waals surface area contributed by atoms with E-state index in [9.17, 15) is 23.1 Å². The smallest absolute Gasteiger partial charge is 0.407 e. The summed E-state index contributed by atoms with van der Waals surface area (Å²) >= 11 is 12.2. The van der Waals surface area contributed by atoms with Gasteiger partial charge in [-0.25, -0.2) is 18.0 Å². The molecule has 2 aliphatic heterocycles. The fourth-order valence-electron chi connectivity index (χ4n) is 3.54. The van der Waals surface area contributed by atoms with Crippen LogP contribution in [0.1, 0.15) is 12.0 Å². The van der Waals surface area contributed by atoms with Crippen molar-refractivity contribution in [3.63, 3.8) is 0 Å². The number of nitrogens with one attached hydrogen (secondary N) is 1. The van der Waals surface area contributed by atoms with E-state index in [0.717, 1.165) is 0 Å². The highest BCUT2D eigenvalue weighted by atomic mass is 35.5. The van der Waals surface area contributed by atoms with E-state index in [-0.39, 0.29) is 50.8 Å². The Hall–Kier alpha value is -1.75. The Morgan fingerprint density at radius 3 is 2.43 bits per heavy atom. The maximum absolute atomic E-state index is 12.6. The van der Waals surface area contributed by atoms with Crippen LogP contribution in [0.3, 0.4) is 0 Å². The molecular formula is C18H23Cl2N3O6S. The maximum Gasteiger partial charge on any atom is 0.407 e. The zero-order chi connectivity index (χ0) is 21.9. The lowest BCUT2D eigenvalue weighted by Gasteiger charge is -2.35. The molecule has 3 amide bonds. The van der Waals surface area contributed by atoms with Gasteiger partial charge in [-0.15, -0.1) is 0 Å². The number of urea groups is 1. The van der Waals surface area contributed by atoms with Crippen molar-refractivity contribution in [1.82, 2.24) is 15.1 Å². The summed E-state index contributed by atoms with van der Waals surface area (Å²) in [6.45, 7) is 0.887. The number of carbonyl (C=O) groups excluding carboxylic acids is 1. The summed E-state index contributed by atoms with van der Waals surface area (Å²) < 4.78 is 29.3. The van der Waals surface area contributed by atoms with Crippen LogP contribution in [0.15, 0.2) is 18.2 Å². The minimum absolute atomic E-state index is 0.0670. The van der Waals surface area contributed by atoms with E-state index in [1.165, 1.54) is 9.80 Å². The number of benzene rings is 1. The van der Waals surface area contributed by atoms with Gasteiger partial charge in [-0.1, -0.05) is 29.3 Å². The summed E-state index contributed by atoms with van der Waals surface area (Å²) in [6.07, 6.45) is -0.742. The van der Waals surface area contributed by atoms with Gasteiger partial charge in [-0.3, -0.25) is 0 Å². The van der Waals surface area contributed by atoms with Crippen molar-refractivity contribution >= 4 is 45.2 Å². The van der Waals surface area contributed by atoms with E-state index in [1.807, 2.05) is 0 Å². The minimum Gasteiger partial charge on any atom is -0.465 e. The molecule has 2 heterocycles. The van der Waals surface area contributed by atoms with Gasteiger partial charge in [0.1, 0.15) is 5.60 Å². The number of carboxylic acid groups (broad SMARTS) is 1.